The maximum absolute atomic E-state index is 13.0. The van der Waals surface area contributed by atoms with Crippen molar-refractivity contribution in [3.8, 4) is 0 Å². The number of hydrogen-bond acceptors (Lipinski definition) is 4. The Labute approximate surface area is 194 Å². The van der Waals surface area contributed by atoms with Crippen molar-refractivity contribution < 1.29 is 18.0 Å². The first-order valence-corrected chi connectivity index (χ1v) is 11.8. The van der Waals surface area contributed by atoms with Crippen molar-refractivity contribution in [2.75, 3.05) is 19.4 Å². The zero-order valence-corrected chi connectivity index (χ0v) is 19.9. The number of benzene rings is 3. The summed E-state index contributed by atoms with van der Waals surface area (Å²) in [7, 11) is -0.834. The van der Waals surface area contributed by atoms with Crippen molar-refractivity contribution in [3.63, 3.8) is 0 Å². The number of sulfonamides is 1. The van der Waals surface area contributed by atoms with Gasteiger partial charge in [-0.1, -0.05) is 42.5 Å². The Morgan fingerprint density at radius 3 is 2.18 bits per heavy atom. The van der Waals surface area contributed by atoms with Crippen molar-refractivity contribution in [2.24, 2.45) is 0 Å². The monoisotopic (exact) mass is 465 g/mol. The summed E-state index contributed by atoms with van der Waals surface area (Å²) in [6.07, 6.45) is 0. The predicted molar refractivity (Wildman–Crippen MR) is 129 cm³/mol. The fraction of sp³-hybridized carbons (Fsp3) is 0.200. The highest BCUT2D eigenvalue weighted by Crippen LogP contribution is 2.24. The van der Waals surface area contributed by atoms with Crippen LogP contribution < -0.4 is 10.6 Å². The number of anilines is 1. The molecule has 3 aromatic carbocycles. The Hall–Kier alpha value is -3.49. The minimum atomic E-state index is -3.73. The molecular weight excluding hydrogens is 438 g/mol. The van der Waals surface area contributed by atoms with E-state index >= 15 is 0 Å². The molecule has 0 aliphatic carbocycles. The van der Waals surface area contributed by atoms with E-state index < -0.39 is 15.9 Å². The fourth-order valence-electron chi connectivity index (χ4n) is 3.28. The quantitative estimate of drug-likeness (QED) is 0.556. The van der Waals surface area contributed by atoms with Gasteiger partial charge in [0.15, 0.2) is 0 Å². The van der Waals surface area contributed by atoms with E-state index in [1.54, 1.807) is 44.2 Å². The molecular formula is C25H27N3O4S. The lowest BCUT2D eigenvalue weighted by molar-refractivity contribution is 0.0951. The van der Waals surface area contributed by atoms with Crippen LogP contribution in [-0.2, 0) is 16.6 Å². The minimum Gasteiger partial charge on any atom is -0.348 e. The summed E-state index contributed by atoms with van der Waals surface area (Å²) in [5.41, 5.74) is 3.06. The SMILES string of the molecule is Cc1cc(C(=O)Nc2ccccc2C(=O)NCc2ccccc2)cc(S(=O)(=O)N(C)C)c1C. The second-order valence-electron chi connectivity index (χ2n) is 7.87. The number of amides is 2. The second-order valence-corrected chi connectivity index (χ2v) is 9.99. The van der Waals surface area contributed by atoms with Gasteiger partial charge in [-0.15, -0.1) is 0 Å². The highest BCUT2D eigenvalue weighted by atomic mass is 32.2. The Bertz CT molecular complexity index is 1290. The van der Waals surface area contributed by atoms with Crippen LogP contribution in [0.2, 0.25) is 0 Å². The van der Waals surface area contributed by atoms with Crippen LogP contribution in [0.5, 0.6) is 0 Å². The molecule has 0 aliphatic heterocycles. The van der Waals surface area contributed by atoms with Crippen LogP contribution in [0.25, 0.3) is 0 Å². The molecule has 3 aromatic rings. The lowest BCUT2D eigenvalue weighted by Crippen LogP contribution is -2.25. The Balaban J connectivity index is 1.86. The van der Waals surface area contributed by atoms with Gasteiger partial charge in [0.25, 0.3) is 11.8 Å². The lowest BCUT2D eigenvalue weighted by Gasteiger charge is -2.17. The van der Waals surface area contributed by atoms with Gasteiger partial charge in [0.2, 0.25) is 10.0 Å². The van der Waals surface area contributed by atoms with Gasteiger partial charge in [-0.25, -0.2) is 12.7 Å². The molecule has 0 radical (unpaired) electrons. The van der Waals surface area contributed by atoms with Gasteiger partial charge >= 0.3 is 0 Å². The van der Waals surface area contributed by atoms with Gasteiger partial charge < -0.3 is 10.6 Å². The molecule has 0 spiro atoms. The average molecular weight is 466 g/mol. The normalized spacial score (nSPS) is 11.3. The topological polar surface area (TPSA) is 95.6 Å². The van der Waals surface area contributed by atoms with Gasteiger partial charge in [-0.3, -0.25) is 9.59 Å². The largest absolute Gasteiger partial charge is 0.348 e. The zero-order chi connectivity index (χ0) is 24.2. The first-order valence-electron chi connectivity index (χ1n) is 10.4. The third-order valence-electron chi connectivity index (χ3n) is 5.36. The van der Waals surface area contributed by atoms with Gasteiger partial charge in [0, 0.05) is 26.2 Å². The first kappa shape index (κ1) is 24.2. The molecule has 2 amide bonds. The molecule has 0 saturated carbocycles. The highest BCUT2D eigenvalue weighted by Gasteiger charge is 2.23. The molecule has 0 fully saturated rings. The summed E-state index contributed by atoms with van der Waals surface area (Å²) in [6, 6.07) is 19.2. The summed E-state index contributed by atoms with van der Waals surface area (Å²) < 4.78 is 26.5. The van der Waals surface area contributed by atoms with Crippen LogP contribution in [0.3, 0.4) is 0 Å². The Kier molecular flexibility index (Phi) is 7.30. The van der Waals surface area contributed by atoms with Gasteiger partial charge in [0.05, 0.1) is 16.1 Å². The summed E-state index contributed by atoms with van der Waals surface area (Å²) in [4.78, 5) is 25.9. The maximum Gasteiger partial charge on any atom is 0.255 e. The smallest absolute Gasteiger partial charge is 0.255 e. The maximum atomic E-state index is 13.0. The van der Waals surface area contributed by atoms with Crippen molar-refractivity contribution in [3.05, 3.63) is 94.5 Å². The van der Waals surface area contributed by atoms with E-state index in [9.17, 15) is 18.0 Å². The van der Waals surface area contributed by atoms with E-state index in [-0.39, 0.29) is 16.4 Å². The predicted octanol–water partition coefficient (Wildman–Crippen LogP) is 3.74. The fourth-order valence-corrected chi connectivity index (χ4v) is 4.50. The van der Waals surface area contributed by atoms with E-state index in [1.807, 2.05) is 30.3 Å². The van der Waals surface area contributed by atoms with Crippen molar-refractivity contribution in [2.45, 2.75) is 25.3 Å². The van der Waals surface area contributed by atoms with E-state index in [0.717, 1.165) is 9.87 Å². The number of carbonyl (C=O) groups is 2. The highest BCUT2D eigenvalue weighted by molar-refractivity contribution is 7.89. The van der Waals surface area contributed by atoms with Crippen LogP contribution >= 0.6 is 0 Å². The number of nitrogens with one attached hydrogen (secondary N) is 2. The number of hydrogen-bond donors (Lipinski definition) is 2. The van der Waals surface area contributed by atoms with Crippen molar-refractivity contribution >= 4 is 27.5 Å². The number of aryl methyl sites for hydroxylation is 1. The molecule has 7 nitrogen and oxygen atoms in total. The second kappa shape index (κ2) is 9.97. The molecule has 0 bridgehead atoms. The molecule has 0 saturated heterocycles. The Morgan fingerprint density at radius 1 is 0.879 bits per heavy atom. The van der Waals surface area contributed by atoms with E-state index in [0.29, 0.717) is 28.9 Å². The van der Waals surface area contributed by atoms with Crippen LogP contribution in [-0.4, -0.2) is 38.6 Å². The third kappa shape index (κ3) is 5.47. The molecule has 0 unspecified atom stereocenters. The van der Waals surface area contributed by atoms with E-state index in [1.165, 1.54) is 20.2 Å². The lowest BCUT2D eigenvalue weighted by atomic mass is 10.1. The van der Waals surface area contributed by atoms with Crippen molar-refractivity contribution in [1.29, 1.82) is 0 Å². The third-order valence-corrected chi connectivity index (χ3v) is 7.30. The summed E-state index contributed by atoms with van der Waals surface area (Å²) in [5.74, 6) is -0.831. The summed E-state index contributed by atoms with van der Waals surface area (Å²) in [5, 5.41) is 5.60. The minimum absolute atomic E-state index is 0.0755. The molecule has 3 rings (SSSR count). The first-order chi connectivity index (χ1) is 15.6. The van der Waals surface area contributed by atoms with E-state index in [4.69, 9.17) is 0 Å². The zero-order valence-electron chi connectivity index (χ0n) is 19.0. The average Bonchev–Trinajstić information content (AvgIpc) is 2.79. The van der Waals surface area contributed by atoms with Gasteiger partial charge in [0.1, 0.15) is 0 Å². The molecule has 2 N–H and O–H groups in total. The number of para-hydroxylation sites is 1. The molecule has 0 heterocycles. The molecule has 8 heteroatoms. The molecule has 0 atom stereocenters. The van der Waals surface area contributed by atoms with Crippen LogP contribution in [0.4, 0.5) is 5.69 Å². The van der Waals surface area contributed by atoms with Crippen molar-refractivity contribution in [1.82, 2.24) is 9.62 Å². The van der Waals surface area contributed by atoms with Gasteiger partial charge in [-0.05, 0) is 54.8 Å². The molecule has 0 aliphatic rings. The summed E-state index contributed by atoms with van der Waals surface area (Å²) in [6.45, 7) is 3.82. The van der Waals surface area contributed by atoms with Crippen LogP contribution in [0, 0.1) is 13.8 Å². The number of rotatable bonds is 7. The van der Waals surface area contributed by atoms with Crippen LogP contribution in [0.15, 0.2) is 71.6 Å². The standard InChI is InChI=1S/C25H27N3O4S/c1-17-14-20(15-23(18(17)2)33(31,32)28(3)4)24(29)27-22-13-9-8-12-21(22)25(30)26-16-19-10-6-5-7-11-19/h5-15H,16H2,1-4H3,(H,26,30)(H,27,29). The molecule has 0 aromatic heterocycles. The van der Waals surface area contributed by atoms with E-state index in [2.05, 4.69) is 10.6 Å². The number of carbonyl (C=O) groups excluding carboxylic acids is 2. The van der Waals surface area contributed by atoms with Gasteiger partial charge in [-0.2, -0.15) is 0 Å². The van der Waals surface area contributed by atoms with Crippen LogP contribution in [0.1, 0.15) is 37.4 Å². The molecule has 33 heavy (non-hydrogen) atoms. The summed E-state index contributed by atoms with van der Waals surface area (Å²) >= 11 is 0. The molecule has 172 valence electrons. The Morgan fingerprint density at radius 2 is 1.52 bits per heavy atom. The number of nitrogens with zero attached hydrogens (tertiary/aromatic N) is 1.